The first-order chi connectivity index (χ1) is 6.88. The average molecular weight is 224 g/mol. The van der Waals surface area contributed by atoms with Crippen LogP contribution in [0.5, 0.6) is 0 Å². The van der Waals surface area contributed by atoms with Crippen molar-refractivity contribution in [1.82, 2.24) is 10.6 Å². The summed E-state index contributed by atoms with van der Waals surface area (Å²) in [6, 6.07) is -0.281. The number of carbonyl (C=O) groups is 1. The van der Waals surface area contributed by atoms with Crippen LogP contribution in [-0.2, 0) is 4.79 Å². The Morgan fingerprint density at radius 1 is 1.47 bits per heavy atom. The zero-order chi connectivity index (χ0) is 11.5. The van der Waals surface area contributed by atoms with Crippen LogP contribution in [0.25, 0.3) is 0 Å². The van der Waals surface area contributed by atoms with E-state index >= 15 is 0 Å². The van der Waals surface area contributed by atoms with Crippen molar-refractivity contribution in [3.63, 3.8) is 0 Å². The van der Waals surface area contributed by atoms with Crippen molar-refractivity contribution in [3.05, 3.63) is 0 Å². The first-order valence-electron chi connectivity index (χ1n) is 4.99. The number of amides is 1. The van der Waals surface area contributed by atoms with Gasteiger partial charge in [0.15, 0.2) is 0 Å². The van der Waals surface area contributed by atoms with E-state index in [1.807, 2.05) is 12.2 Å². The smallest absolute Gasteiger partial charge is 0.346 e. The van der Waals surface area contributed by atoms with Gasteiger partial charge in [-0.2, -0.15) is 13.2 Å². The zero-order valence-electron chi connectivity index (χ0n) is 8.53. The highest BCUT2D eigenvalue weighted by molar-refractivity contribution is 5.81. The van der Waals surface area contributed by atoms with Gasteiger partial charge in [0.1, 0.15) is 6.54 Å². The van der Waals surface area contributed by atoms with E-state index in [9.17, 15) is 18.0 Å². The Kier molecular flexibility index (Phi) is 3.96. The summed E-state index contributed by atoms with van der Waals surface area (Å²) in [4.78, 5) is 11.3. The minimum atomic E-state index is -4.34. The van der Waals surface area contributed by atoms with Gasteiger partial charge in [-0.05, 0) is 26.2 Å². The lowest BCUT2D eigenvalue weighted by molar-refractivity contribution is -0.140. The second kappa shape index (κ2) is 4.83. The molecule has 2 atom stereocenters. The van der Waals surface area contributed by atoms with Crippen LogP contribution in [0.1, 0.15) is 26.2 Å². The lowest BCUT2D eigenvalue weighted by Gasteiger charge is -2.27. The molecular formula is C9H15F3N2O. The van der Waals surface area contributed by atoms with E-state index in [0.29, 0.717) is 6.42 Å². The molecule has 1 aliphatic rings. The van der Waals surface area contributed by atoms with Crippen LogP contribution in [0.15, 0.2) is 0 Å². The van der Waals surface area contributed by atoms with Crippen LogP contribution in [0.3, 0.4) is 0 Å². The molecule has 3 nitrogen and oxygen atoms in total. The summed E-state index contributed by atoms with van der Waals surface area (Å²) in [5.41, 5.74) is 0. The lowest BCUT2D eigenvalue weighted by Crippen LogP contribution is -2.51. The molecule has 0 spiro atoms. The molecule has 2 unspecified atom stereocenters. The summed E-state index contributed by atoms with van der Waals surface area (Å²) >= 11 is 0. The molecule has 0 saturated carbocycles. The molecular weight excluding hydrogens is 209 g/mol. The summed E-state index contributed by atoms with van der Waals surface area (Å²) in [6.07, 6.45) is -1.90. The Morgan fingerprint density at radius 3 is 2.67 bits per heavy atom. The van der Waals surface area contributed by atoms with Gasteiger partial charge in [-0.25, -0.2) is 0 Å². The number of hydrogen-bond acceptors (Lipinski definition) is 2. The van der Waals surface area contributed by atoms with Gasteiger partial charge >= 0.3 is 6.18 Å². The maximum atomic E-state index is 11.8. The van der Waals surface area contributed by atoms with Gasteiger partial charge in [0, 0.05) is 6.04 Å². The Bertz CT molecular complexity index is 230. The Hall–Kier alpha value is -0.780. The SMILES string of the molecule is CC1CCCC(C(=O)NCC(F)(F)F)N1. The van der Waals surface area contributed by atoms with Gasteiger partial charge in [-0.15, -0.1) is 0 Å². The molecule has 0 aromatic carbocycles. The maximum Gasteiger partial charge on any atom is 0.405 e. The van der Waals surface area contributed by atoms with E-state index in [1.54, 1.807) is 0 Å². The number of carbonyl (C=O) groups excluding carboxylic acids is 1. The van der Waals surface area contributed by atoms with Crippen LogP contribution in [0.2, 0.25) is 0 Å². The molecule has 6 heteroatoms. The number of rotatable bonds is 2. The Labute approximate surface area is 86.4 Å². The molecule has 0 aliphatic carbocycles. The van der Waals surface area contributed by atoms with Gasteiger partial charge < -0.3 is 10.6 Å². The molecule has 0 bridgehead atoms. The second-order valence-electron chi connectivity index (χ2n) is 3.88. The molecule has 1 rings (SSSR count). The van der Waals surface area contributed by atoms with Crippen LogP contribution >= 0.6 is 0 Å². The zero-order valence-corrected chi connectivity index (χ0v) is 8.53. The standard InChI is InChI=1S/C9H15F3N2O/c1-6-3-2-4-7(14-6)8(15)13-5-9(10,11)12/h6-7,14H,2-5H2,1H3,(H,13,15). The van der Waals surface area contributed by atoms with Crippen LogP contribution in [-0.4, -0.2) is 30.7 Å². The lowest BCUT2D eigenvalue weighted by atomic mass is 9.99. The molecule has 1 aliphatic heterocycles. The topological polar surface area (TPSA) is 41.1 Å². The third kappa shape index (κ3) is 4.51. The fourth-order valence-corrected chi connectivity index (χ4v) is 1.66. The number of piperidine rings is 1. The minimum absolute atomic E-state index is 0.195. The molecule has 1 amide bonds. The fraction of sp³-hybridized carbons (Fsp3) is 0.889. The van der Waals surface area contributed by atoms with Crippen molar-refractivity contribution in [1.29, 1.82) is 0 Å². The molecule has 1 fully saturated rings. The summed E-state index contributed by atoms with van der Waals surface area (Å²) in [5.74, 6) is -0.557. The van der Waals surface area contributed by atoms with Crippen LogP contribution < -0.4 is 10.6 Å². The van der Waals surface area contributed by atoms with Crippen molar-refractivity contribution in [2.75, 3.05) is 6.54 Å². The van der Waals surface area contributed by atoms with E-state index < -0.39 is 24.7 Å². The third-order valence-electron chi connectivity index (χ3n) is 2.40. The summed E-state index contributed by atoms with van der Waals surface area (Å²) < 4.78 is 35.5. The molecule has 15 heavy (non-hydrogen) atoms. The minimum Gasteiger partial charge on any atom is -0.346 e. The maximum absolute atomic E-state index is 11.8. The Morgan fingerprint density at radius 2 is 2.13 bits per heavy atom. The first-order valence-corrected chi connectivity index (χ1v) is 4.99. The molecule has 0 radical (unpaired) electrons. The van der Waals surface area contributed by atoms with E-state index in [-0.39, 0.29) is 6.04 Å². The average Bonchev–Trinajstić information content (AvgIpc) is 2.13. The van der Waals surface area contributed by atoms with Gasteiger partial charge in [0.05, 0.1) is 6.04 Å². The van der Waals surface area contributed by atoms with E-state index in [2.05, 4.69) is 5.32 Å². The molecule has 1 heterocycles. The van der Waals surface area contributed by atoms with E-state index in [0.717, 1.165) is 12.8 Å². The quantitative estimate of drug-likeness (QED) is 0.740. The predicted octanol–water partition coefficient (Wildman–Crippen LogP) is 1.20. The molecule has 0 aromatic rings. The monoisotopic (exact) mass is 224 g/mol. The summed E-state index contributed by atoms with van der Waals surface area (Å²) in [5, 5.41) is 4.86. The van der Waals surface area contributed by atoms with Crippen molar-refractivity contribution in [2.45, 2.75) is 44.4 Å². The van der Waals surface area contributed by atoms with Crippen molar-refractivity contribution >= 4 is 5.91 Å². The van der Waals surface area contributed by atoms with E-state index in [1.165, 1.54) is 0 Å². The van der Waals surface area contributed by atoms with Crippen LogP contribution in [0, 0.1) is 0 Å². The molecule has 1 saturated heterocycles. The van der Waals surface area contributed by atoms with Gasteiger partial charge in [-0.1, -0.05) is 0 Å². The molecule has 88 valence electrons. The van der Waals surface area contributed by atoms with Crippen molar-refractivity contribution in [3.8, 4) is 0 Å². The predicted molar refractivity (Wildman–Crippen MR) is 49.3 cm³/mol. The number of hydrogen-bond donors (Lipinski definition) is 2. The fourth-order valence-electron chi connectivity index (χ4n) is 1.66. The highest BCUT2D eigenvalue weighted by Crippen LogP contribution is 2.14. The highest BCUT2D eigenvalue weighted by Gasteiger charge is 2.30. The molecule has 2 N–H and O–H groups in total. The summed E-state index contributed by atoms with van der Waals surface area (Å²) in [6.45, 7) is 0.668. The second-order valence-corrected chi connectivity index (χ2v) is 3.88. The van der Waals surface area contributed by atoms with Crippen molar-refractivity contribution in [2.24, 2.45) is 0 Å². The third-order valence-corrected chi connectivity index (χ3v) is 2.40. The number of alkyl halides is 3. The first kappa shape index (κ1) is 12.3. The van der Waals surface area contributed by atoms with Crippen LogP contribution in [0.4, 0.5) is 13.2 Å². The number of halogens is 3. The normalized spacial score (nSPS) is 27.5. The van der Waals surface area contributed by atoms with E-state index in [4.69, 9.17) is 0 Å². The van der Waals surface area contributed by atoms with Gasteiger partial charge in [0.25, 0.3) is 0 Å². The summed E-state index contributed by atoms with van der Waals surface area (Å²) in [7, 11) is 0. The largest absolute Gasteiger partial charge is 0.405 e. The van der Waals surface area contributed by atoms with Crippen molar-refractivity contribution < 1.29 is 18.0 Å². The Balaban J connectivity index is 2.33. The molecule has 0 aromatic heterocycles. The number of nitrogens with one attached hydrogen (secondary N) is 2. The highest BCUT2D eigenvalue weighted by atomic mass is 19.4. The van der Waals surface area contributed by atoms with Gasteiger partial charge in [-0.3, -0.25) is 4.79 Å². The van der Waals surface area contributed by atoms with Gasteiger partial charge in [0.2, 0.25) is 5.91 Å².